The van der Waals surface area contributed by atoms with E-state index < -0.39 is 6.10 Å². The van der Waals surface area contributed by atoms with Crippen molar-refractivity contribution < 1.29 is 14.3 Å². The second-order valence-electron chi connectivity index (χ2n) is 5.12. The van der Waals surface area contributed by atoms with E-state index in [9.17, 15) is 4.79 Å². The van der Waals surface area contributed by atoms with E-state index in [1.165, 1.54) is 0 Å². The van der Waals surface area contributed by atoms with Crippen LogP contribution in [0.25, 0.3) is 0 Å². The Morgan fingerprint density at radius 3 is 2.55 bits per heavy atom. The number of methoxy groups -OCH3 is 1. The molecule has 4 nitrogen and oxygen atoms in total. The SMILES string of the molecule is CCC(Oc1ccccc1N)C(=O)c1cc(C)ccc1OC. The van der Waals surface area contributed by atoms with E-state index in [0.717, 1.165) is 5.56 Å². The van der Waals surface area contributed by atoms with Crippen LogP contribution in [0.5, 0.6) is 11.5 Å². The fourth-order valence-corrected chi connectivity index (χ4v) is 2.25. The van der Waals surface area contributed by atoms with E-state index in [0.29, 0.717) is 29.2 Å². The molecule has 22 heavy (non-hydrogen) atoms. The number of carbonyl (C=O) groups is 1. The van der Waals surface area contributed by atoms with Gasteiger partial charge in [-0.1, -0.05) is 30.7 Å². The Morgan fingerprint density at radius 2 is 1.91 bits per heavy atom. The number of Topliss-reactive ketones (excluding diaryl/α,β-unsaturated/α-hetero) is 1. The van der Waals surface area contributed by atoms with Crippen molar-refractivity contribution in [3.05, 3.63) is 53.6 Å². The molecule has 0 heterocycles. The largest absolute Gasteiger partial charge is 0.496 e. The Labute approximate surface area is 130 Å². The Balaban J connectivity index is 2.30. The summed E-state index contributed by atoms with van der Waals surface area (Å²) in [7, 11) is 1.55. The van der Waals surface area contributed by atoms with Crippen LogP contribution >= 0.6 is 0 Å². The molecule has 2 aromatic carbocycles. The molecule has 2 rings (SSSR count). The number of ketones is 1. The van der Waals surface area contributed by atoms with Crippen molar-refractivity contribution in [3.63, 3.8) is 0 Å². The number of ether oxygens (including phenoxy) is 2. The van der Waals surface area contributed by atoms with Gasteiger partial charge in [-0.3, -0.25) is 4.79 Å². The van der Waals surface area contributed by atoms with Gasteiger partial charge in [0.1, 0.15) is 11.5 Å². The summed E-state index contributed by atoms with van der Waals surface area (Å²) in [5.41, 5.74) is 7.93. The number of nitrogens with two attached hydrogens (primary N) is 1. The van der Waals surface area contributed by atoms with E-state index in [4.69, 9.17) is 15.2 Å². The highest BCUT2D eigenvalue weighted by Gasteiger charge is 2.24. The first kappa shape index (κ1) is 15.9. The Kier molecular flexibility index (Phi) is 5.04. The zero-order chi connectivity index (χ0) is 16.1. The van der Waals surface area contributed by atoms with Gasteiger partial charge in [0.05, 0.1) is 18.4 Å². The molecule has 0 amide bonds. The van der Waals surface area contributed by atoms with E-state index in [1.807, 2.05) is 38.1 Å². The Morgan fingerprint density at radius 1 is 1.18 bits per heavy atom. The Bertz CT molecular complexity index is 667. The average molecular weight is 299 g/mol. The quantitative estimate of drug-likeness (QED) is 0.653. The first-order valence-corrected chi connectivity index (χ1v) is 7.26. The molecule has 0 aliphatic carbocycles. The van der Waals surface area contributed by atoms with E-state index in [2.05, 4.69) is 0 Å². The average Bonchev–Trinajstić information content (AvgIpc) is 2.53. The van der Waals surface area contributed by atoms with E-state index in [-0.39, 0.29) is 5.78 Å². The van der Waals surface area contributed by atoms with Crippen LogP contribution in [0.1, 0.15) is 29.3 Å². The number of hydrogen-bond acceptors (Lipinski definition) is 4. The summed E-state index contributed by atoms with van der Waals surface area (Å²) in [4.78, 5) is 12.8. The first-order chi connectivity index (χ1) is 10.6. The highest BCUT2D eigenvalue weighted by Crippen LogP contribution is 2.26. The molecule has 2 aromatic rings. The van der Waals surface area contributed by atoms with E-state index >= 15 is 0 Å². The van der Waals surface area contributed by atoms with Crippen molar-refractivity contribution in [3.8, 4) is 11.5 Å². The topological polar surface area (TPSA) is 61.5 Å². The number of aryl methyl sites for hydroxylation is 1. The highest BCUT2D eigenvalue weighted by molar-refractivity contribution is 6.02. The molecule has 1 atom stereocenters. The second kappa shape index (κ2) is 6.98. The number of hydrogen-bond donors (Lipinski definition) is 1. The highest BCUT2D eigenvalue weighted by atomic mass is 16.5. The number of anilines is 1. The lowest BCUT2D eigenvalue weighted by atomic mass is 10.0. The summed E-state index contributed by atoms with van der Waals surface area (Å²) in [6.45, 7) is 3.84. The van der Waals surface area contributed by atoms with Crippen molar-refractivity contribution in [1.29, 1.82) is 0 Å². The van der Waals surface area contributed by atoms with Gasteiger partial charge in [0, 0.05) is 0 Å². The van der Waals surface area contributed by atoms with Crippen LogP contribution in [-0.4, -0.2) is 19.0 Å². The molecule has 0 aromatic heterocycles. The molecule has 1 unspecified atom stereocenters. The van der Waals surface area contributed by atoms with Gasteiger partial charge in [-0.2, -0.15) is 0 Å². The van der Waals surface area contributed by atoms with Crippen LogP contribution < -0.4 is 15.2 Å². The lowest BCUT2D eigenvalue weighted by Crippen LogP contribution is -2.27. The predicted octanol–water partition coefficient (Wildman–Crippen LogP) is 3.63. The van der Waals surface area contributed by atoms with Crippen LogP contribution in [0, 0.1) is 6.92 Å². The molecule has 0 radical (unpaired) electrons. The minimum atomic E-state index is -0.597. The van der Waals surface area contributed by atoms with E-state index in [1.54, 1.807) is 25.3 Å². The maximum Gasteiger partial charge on any atom is 0.207 e. The van der Waals surface area contributed by atoms with Crippen molar-refractivity contribution >= 4 is 11.5 Å². The maximum absolute atomic E-state index is 12.8. The van der Waals surface area contributed by atoms with Crippen molar-refractivity contribution in [2.75, 3.05) is 12.8 Å². The normalized spacial score (nSPS) is 11.8. The third-order valence-corrected chi connectivity index (χ3v) is 3.47. The van der Waals surface area contributed by atoms with Crippen LogP contribution in [0.4, 0.5) is 5.69 Å². The number of carbonyl (C=O) groups excluding carboxylic acids is 1. The fourth-order valence-electron chi connectivity index (χ4n) is 2.25. The second-order valence-corrected chi connectivity index (χ2v) is 5.12. The molecule has 0 aliphatic rings. The summed E-state index contributed by atoms with van der Waals surface area (Å²) in [5, 5.41) is 0. The molecule has 0 spiro atoms. The van der Waals surface area contributed by atoms with Gasteiger partial charge in [0.15, 0.2) is 6.10 Å². The predicted molar refractivity (Wildman–Crippen MR) is 87.6 cm³/mol. The molecule has 0 saturated heterocycles. The lowest BCUT2D eigenvalue weighted by Gasteiger charge is -2.19. The van der Waals surface area contributed by atoms with Gasteiger partial charge in [-0.25, -0.2) is 0 Å². The molecule has 4 heteroatoms. The summed E-state index contributed by atoms with van der Waals surface area (Å²) in [6.07, 6.45) is -0.0510. The molecular weight excluding hydrogens is 278 g/mol. The van der Waals surface area contributed by atoms with Gasteiger partial charge in [0.2, 0.25) is 5.78 Å². The zero-order valence-corrected chi connectivity index (χ0v) is 13.1. The maximum atomic E-state index is 12.8. The third-order valence-electron chi connectivity index (χ3n) is 3.47. The lowest BCUT2D eigenvalue weighted by molar-refractivity contribution is 0.0785. The number of nitrogen functional groups attached to an aromatic ring is 1. The fraction of sp³-hybridized carbons (Fsp3) is 0.278. The minimum absolute atomic E-state index is 0.105. The molecule has 0 aliphatic heterocycles. The van der Waals surface area contributed by atoms with Gasteiger partial charge in [-0.15, -0.1) is 0 Å². The summed E-state index contributed by atoms with van der Waals surface area (Å²) in [6, 6.07) is 12.7. The van der Waals surface area contributed by atoms with Crippen LogP contribution in [0.2, 0.25) is 0 Å². The standard InChI is InChI=1S/C18H21NO3/c1-4-15(22-17-8-6-5-7-14(17)19)18(20)13-11-12(2)9-10-16(13)21-3/h5-11,15H,4,19H2,1-3H3. The molecule has 0 bridgehead atoms. The minimum Gasteiger partial charge on any atom is -0.496 e. The van der Waals surface area contributed by atoms with Crippen molar-refractivity contribution in [1.82, 2.24) is 0 Å². The van der Waals surface area contributed by atoms with Crippen LogP contribution in [0.15, 0.2) is 42.5 Å². The summed E-state index contributed by atoms with van der Waals surface area (Å²) in [5.74, 6) is 0.972. The molecular formula is C18H21NO3. The molecule has 2 N–H and O–H groups in total. The van der Waals surface area contributed by atoms with Gasteiger partial charge >= 0.3 is 0 Å². The summed E-state index contributed by atoms with van der Waals surface area (Å²) < 4.78 is 11.1. The third kappa shape index (κ3) is 3.39. The number of para-hydroxylation sites is 2. The van der Waals surface area contributed by atoms with Crippen molar-refractivity contribution in [2.45, 2.75) is 26.4 Å². The number of benzene rings is 2. The van der Waals surface area contributed by atoms with Gasteiger partial charge in [-0.05, 0) is 37.6 Å². The molecule has 116 valence electrons. The smallest absolute Gasteiger partial charge is 0.207 e. The summed E-state index contributed by atoms with van der Waals surface area (Å²) >= 11 is 0. The molecule has 0 saturated carbocycles. The first-order valence-electron chi connectivity index (χ1n) is 7.26. The zero-order valence-electron chi connectivity index (χ0n) is 13.1. The Hall–Kier alpha value is -2.49. The number of rotatable bonds is 6. The van der Waals surface area contributed by atoms with Crippen molar-refractivity contribution in [2.24, 2.45) is 0 Å². The van der Waals surface area contributed by atoms with Gasteiger partial charge < -0.3 is 15.2 Å². The van der Waals surface area contributed by atoms with Crippen LogP contribution in [0.3, 0.4) is 0 Å². The molecule has 0 fully saturated rings. The van der Waals surface area contributed by atoms with Gasteiger partial charge in [0.25, 0.3) is 0 Å². The van der Waals surface area contributed by atoms with Crippen LogP contribution in [-0.2, 0) is 0 Å². The monoisotopic (exact) mass is 299 g/mol.